The zero-order valence-electron chi connectivity index (χ0n) is 22.3. The summed E-state index contributed by atoms with van der Waals surface area (Å²) < 4.78 is 59.6. The van der Waals surface area contributed by atoms with Gasteiger partial charge in [-0.1, -0.05) is 36.4 Å². The van der Waals surface area contributed by atoms with Gasteiger partial charge in [-0.25, -0.2) is 27.9 Å². The molecule has 0 aliphatic rings. The number of ether oxygens (including phenoxy) is 1. The van der Waals surface area contributed by atoms with Crippen molar-refractivity contribution >= 4 is 36.5 Å². The van der Waals surface area contributed by atoms with Crippen LogP contribution in [0.4, 0.5) is 24.2 Å². The van der Waals surface area contributed by atoms with Crippen LogP contribution < -0.4 is 10.6 Å². The van der Waals surface area contributed by atoms with Gasteiger partial charge in [0.1, 0.15) is 12.4 Å². The van der Waals surface area contributed by atoms with Crippen LogP contribution in [0.5, 0.6) is 0 Å². The van der Waals surface area contributed by atoms with E-state index in [1.165, 1.54) is 38.3 Å². The number of carbonyl (C=O) groups excluding carboxylic acids is 2. The number of benzene rings is 2. The molecular formula is C26H31F2N4O7P. The monoisotopic (exact) mass is 580 g/mol. The van der Waals surface area contributed by atoms with Crippen molar-refractivity contribution in [3.63, 3.8) is 0 Å². The number of nitrogens with one attached hydrogen (secondary N) is 2. The Morgan fingerprint density at radius 2 is 1.80 bits per heavy atom. The number of phosphoric ester groups is 1. The van der Waals surface area contributed by atoms with E-state index in [-0.39, 0.29) is 44.0 Å². The molecule has 40 heavy (non-hydrogen) atoms. The molecule has 0 aliphatic carbocycles. The van der Waals surface area contributed by atoms with Crippen molar-refractivity contribution in [3.8, 4) is 0 Å². The van der Waals surface area contributed by atoms with Gasteiger partial charge in [-0.2, -0.15) is 0 Å². The van der Waals surface area contributed by atoms with Crippen molar-refractivity contribution in [2.45, 2.75) is 25.4 Å². The number of pyridine rings is 1. The number of amides is 3. The predicted molar refractivity (Wildman–Crippen MR) is 144 cm³/mol. The highest BCUT2D eigenvalue weighted by Gasteiger charge is 2.25. The number of anilines is 1. The predicted octanol–water partition coefficient (Wildman–Crippen LogP) is 5.47. The number of phosphoric acid groups is 1. The molecular weight excluding hydrogens is 549 g/mol. The Labute approximate surface area is 230 Å². The van der Waals surface area contributed by atoms with Crippen LogP contribution in [0.2, 0.25) is 0 Å². The van der Waals surface area contributed by atoms with Gasteiger partial charge in [-0.3, -0.25) is 18.9 Å². The minimum atomic E-state index is -3.69. The topological polar surface area (TPSA) is 128 Å². The number of hydrogen-bond donors (Lipinski definition) is 2. The van der Waals surface area contributed by atoms with E-state index >= 15 is 0 Å². The molecule has 3 amide bonds. The first-order chi connectivity index (χ1) is 19.2. The van der Waals surface area contributed by atoms with Gasteiger partial charge in [0.25, 0.3) is 0 Å². The molecule has 0 radical (unpaired) electrons. The average molecular weight is 581 g/mol. The first-order valence-corrected chi connectivity index (χ1v) is 13.7. The van der Waals surface area contributed by atoms with Crippen molar-refractivity contribution in [1.82, 2.24) is 15.2 Å². The van der Waals surface area contributed by atoms with Crippen LogP contribution in [0.15, 0.2) is 54.7 Å². The summed E-state index contributed by atoms with van der Waals surface area (Å²) in [6.07, 6.45) is 1.37. The molecule has 216 valence electrons. The lowest BCUT2D eigenvalue weighted by molar-refractivity contribution is 0.107. The van der Waals surface area contributed by atoms with Crippen molar-refractivity contribution in [2.24, 2.45) is 0 Å². The third kappa shape index (κ3) is 8.68. The fraction of sp³-hybridized carbons (Fsp3) is 0.346. The summed E-state index contributed by atoms with van der Waals surface area (Å²) in [6, 6.07) is 11.6. The molecule has 1 heterocycles. The van der Waals surface area contributed by atoms with Crippen molar-refractivity contribution < 1.29 is 41.2 Å². The minimum Gasteiger partial charge on any atom is -0.447 e. The molecule has 3 rings (SSSR count). The van der Waals surface area contributed by atoms with E-state index < -0.39 is 37.6 Å². The normalized spacial score (nSPS) is 12.1. The van der Waals surface area contributed by atoms with E-state index in [1.54, 1.807) is 12.3 Å². The van der Waals surface area contributed by atoms with Gasteiger partial charge < -0.3 is 15.0 Å². The molecule has 1 aromatic heterocycles. The number of aromatic nitrogens is 1. The summed E-state index contributed by atoms with van der Waals surface area (Å²) in [5, 5.41) is 6.86. The van der Waals surface area contributed by atoms with Crippen LogP contribution in [0.1, 0.15) is 18.4 Å². The minimum absolute atomic E-state index is 0.0277. The van der Waals surface area contributed by atoms with Gasteiger partial charge in [0.15, 0.2) is 11.6 Å². The Hall–Kier alpha value is -3.64. The third-order valence-electron chi connectivity index (χ3n) is 5.98. The molecule has 0 saturated carbocycles. The van der Waals surface area contributed by atoms with Gasteiger partial charge >= 0.3 is 19.9 Å². The highest BCUT2D eigenvalue weighted by atomic mass is 31.2. The SMILES string of the molecule is COP(=O)(OC)OCCC[C@H](COC(=O)Nc1cc2ccccc2cn1)N(C)C(=O)NCc1cccc(F)c1F. The van der Waals surface area contributed by atoms with Gasteiger partial charge in [0.05, 0.1) is 12.6 Å². The first-order valence-electron chi connectivity index (χ1n) is 12.2. The number of fused-ring (bicyclic) bond motifs is 1. The number of urea groups is 1. The maximum absolute atomic E-state index is 14.0. The largest absolute Gasteiger partial charge is 0.474 e. The Morgan fingerprint density at radius 1 is 1.07 bits per heavy atom. The van der Waals surface area contributed by atoms with Crippen LogP contribution in [0.3, 0.4) is 0 Å². The molecule has 2 N–H and O–H groups in total. The highest BCUT2D eigenvalue weighted by Crippen LogP contribution is 2.47. The zero-order valence-corrected chi connectivity index (χ0v) is 23.2. The number of nitrogens with zero attached hydrogens (tertiary/aromatic N) is 2. The number of rotatable bonds is 13. The molecule has 2 aromatic carbocycles. The second-order valence-electron chi connectivity index (χ2n) is 8.56. The van der Waals surface area contributed by atoms with E-state index in [0.717, 1.165) is 16.8 Å². The molecule has 11 nitrogen and oxygen atoms in total. The quantitative estimate of drug-likeness (QED) is 0.201. The van der Waals surface area contributed by atoms with Crippen molar-refractivity contribution in [1.29, 1.82) is 0 Å². The fourth-order valence-electron chi connectivity index (χ4n) is 3.67. The number of hydrogen-bond acceptors (Lipinski definition) is 8. The molecule has 14 heteroatoms. The number of likely N-dealkylation sites (N-methyl/N-ethyl adjacent to an activating group) is 1. The molecule has 0 spiro atoms. The van der Waals surface area contributed by atoms with Gasteiger partial charge in [0, 0.05) is 45.0 Å². The van der Waals surface area contributed by atoms with Crippen LogP contribution in [0.25, 0.3) is 10.8 Å². The van der Waals surface area contributed by atoms with Crippen LogP contribution >= 0.6 is 7.82 Å². The lowest BCUT2D eigenvalue weighted by Crippen LogP contribution is -2.46. The van der Waals surface area contributed by atoms with E-state index in [9.17, 15) is 22.9 Å². The maximum atomic E-state index is 14.0. The summed E-state index contributed by atoms with van der Waals surface area (Å²) in [7, 11) is 0.144. The van der Waals surface area contributed by atoms with Crippen molar-refractivity contribution in [3.05, 3.63) is 71.9 Å². The molecule has 0 aliphatic heterocycles. The van der Waals surface area contributed by atoms with E-state index in [2.05, 4.69) is 15.6 Å². The molecule has 0 unspecified atom stereocenters. The second kappa shape index (κ2) is 14.7. The summed E-state index contributed by atoms with van der Waals surface area (Å²) >= 11 is 0. The number of carbonyl (C=O) groups is 2. The Bertz CT molecular complexity index is 1360. The maximum Gasteiger partial charge on any atom is 0.474 e. The zero-order chi connectivity index (χ0) is 29.1. The molecule has 3 aromatic rings. The van der Waals surface area contributed by atoms with Crippen LogP contribution in [0, 0.1) is 11.6 Å². The van der Waals surface area contributed by atoms with E-state index in [0.29, 0.717) is 0 Å². The van der Waals surface area contributed by atoms with Crippen molar-refractivity contribution in [2.75, 3.05) is 39.8 Å². The standard InChI is InChI=1S/C26H31F2N4O7P/c1-32(25(33)30-16-20-10-6-12-22(27)24(20)28)21(11-7-13-39-40(35,36-2)37-3)17-38-26(34)31-23-14-18-8-4-5-9-19(18)15-29-23/h4-6,8-10,12,14-15,21H,7,11,13,16-17H2,1-3H3,(H,30,33)(H,29,31,34)/t21-/m1/s1. The molecule has 1 atom stereocenters. The molecule has 0 bridgehead atoms. The summed E-state index contributed by atoms with van der Waals surface area (Å²) in [6.45, 7) is -0.515. The van der Waals surface area contributed by atoms with E-state index in [4.69, 9.17) is 18.3 Å². The van der Waals surface area contributed by atoms with Gasteiger partial charge in [0.2, 0.25) is 0 Å². The van der Waals surface area contributed by atoms with Gasteiger partial charge in [-0.05, 0) is 30.4 Å². The lowest BCUT2D eigenvalue weighted by atomic mass is 10.1. The van der Waals surface area contributed by atoms with Crippen LogP contribution in [-0.4, -0.2) is 62.5 Å². The smallest absolute Gasteiger partial charge is 0.447 e. The Balaban J connectivity index is 1.61. The Kier molecular flexibility index (Phi) is 11.3. The summed E-state index contributed by atoms with van der Waals surface area (Å²) in [5.74, 6) is -1.79. The second-order valence-corrected chi connectivity index (χ2v) is 10.4. The molecule has 0 fully saturated rings. The van der Waals surface area contributed by atoms with E-state index in [1.807, 2.05) is 24.3 Å². The van der Waals surface area contributed by atoms with Crippen LogP contribution in [-0.2, 0) is 29.4 Å². The Morgan fingerprint density at radius 3 is 2.52 bits per heavy atom. The average Bonchev–Trinajstić information content (AvgIpc) is 2.96. The number of halogens is 2. The third-order valence-corrected chi connectivity index (χ3v) is 7.37. The molecule has 0 saturated heterocycles. The first kappa shape index (κ1) is 30.9. The summed E-state index contributed by atoms with van der Waals surface area (Å²) in [5.41, 5.74) is -0.0277. The lowest BCUT2D eigenvalue weighted by Gasteiger charge is -2.28. The fourth-order valence-corrected chi connectivity index (χ4v) is 4.39. The summed E-state index contributed by atoms with van der Waals surface area (Å²) in [4.78, 5) is 30.8. The van der Waals surface area contributed by atoms with Gasteiger partial charge in [-0.15, -0.1) is 0 Å². The highest BCUT2D eigenvalue weighted by molar-refractivity contribution is 7.48.